The second-order valence-electron chi connectivity index (χ2n) is 13.5. The number of likely N-dealkylation sites (N-methyl/N-ethyl adjacent to an activating group) is 1. The lowest BCUT2D eigenvalue weighted by Crippen LogP contribution is -2.27. The Labute approximate surface area is 306 Å². The minimum absolute atomic E-state index is 0.140. The highest BCUT2D eigenvalue weighted by Crippen LogP contribution is 2.46. The number of ether oxygens (including phenoxy) is 2. The standard InChI is InChI=1S/C38H40Cl2FN5O5/c1-4-50-31-17-32(34(40)35(41)26(31)19-46-16-13-21(18-46)38(48)49)51-30-12-11-23-22(7-5-8-24(23)30)25-9-6-10-27(33(25)39)43-37(47)36-42-28-20-44(2)15-14-29(28)45(36)3/h5-10,17,21,30H,4,11-16,18-20H2,1-3H3,(H,43,47)(H,48,49). The van der Waals surface area contributed by atoms with Crippen molar-refractivity contribution in [3.05, 3.63) is 92.2 Å². The predicted molar refractivity (Wildman–Crippen MR) is 193 cm³/mol. The third-order valence-corrected chi connectivity index (χ3v) is 11.0. The number of amides is 1. The van der Waals surface area contributed by atoms with Crippen LogP contribution in [-0.4, -0.2) is 69.6 Å². The number of carboxylic acid groups (broad SMARTS) is 1. The summed E-state index contributed by atoms with van der Waals surface area (Å²) in [7, 11) is 3.91. The van der Waals surface area contributed by atoms with Gasteiger partial charge < -0.3 is 29.4 Å². The highest BCUT2D eigenvalue weighted by molar-refractivity contribution is 6.36. The van der Waals surface area contributed by atoms with Gasteiger partial charge in [0, 0.05) is 62.5 Å². The molecule has 3 aliphatic rings. The second kappa shape index (κ2) is 14.5. The summed E-state index contributed by atoms with van der Waals surface area (Å²) in [6.45, 7) is 4.80. The van der Waals surface area contributed by atoms with Gasteiger partial charge >= 0.3 is 5.97 Å². The van der Waals surface area contributed by atoms with Crippen molar-refractivity contribution < 1.29 is 28.6 Å². The number of carboxylic acids is 1. The van der Waals surface area contributed by atoms with Gasteiger partial charge in [0.05, 0.1) is 28.9 Å². The highest BCUT2D eigenvalue weighted by Gasteiger charge is 2.32. The first-order valence-corrected chi connectivity index (χ1v) is 18.0. The number of halogens is 3. The van der Waals surface area contributed by atoms with Crippen molar-refractivity contribution in [3.8, 4) is 22.6 Å². The largest absolute Gasteiger partial charge is 0.493 e. The molecule has 0 bridgehead atoms. The number of rotatable bonds is 10. The Kier molecular flexibility index (Phi) is 9.99. The first-order valence-electron chi connectivity index (χ1n) is 17.2. The normalized spacial score (nSPS) is 18.8. The molecule has 10 nitrogen and oxygen atoms in total. The fourth-order valence-corrected chi connectivity index (χ4v) is 8.05. The monoisotopic (exact) mass is 735 g/mol. The molecule has 7 rings (SSSR count). The SMILES string of the molecule is CCOc1cc(OC2CCc3c(-c4cccc(NC(=O)c5nc6c(n5C)CCN(C)C6)c4Cl)cccc32)c(Cl)c(F)c1CN1CCC(C(=O)O)C1. The number of aliphatic carboxylic acids is 1. The molecule has 1 fully saturated rings. The van der Waals surface area contributed by atoms with E-state index in [-0.39, 0.29) is 28.8 Å². The van der Waals surface area contributed by atoms with Crippen LogP contribution in [0, 0.1) is 11.7 Å². The summed E-state index contributed by atoms with van der Waals surface area (Å²) < 4.78 is 30.0. The number of likely N-dealkylation sites (tertiary alicyclic amines) is 1. The first-order chi connectivity index (χ1) is 24.5. The molecule has 1 saturated heterocycles. The number of nitrogens with one attached hydrogen (secondary N) is 1. The van der Waals surface area contributed by atoms with E-state index in [4.69, 9.17) is 32.7 Å². The lowest BCUT2D eigenvalue weighted by molar-refractivity contribution is -0.141. The Morgan fingerprint density at radius 1 is 1.04 bits per heavy atom. The molecular weight excluding hydrogens is 696 g/mol. The lowest BCUT2D eigenvalue weighted by Gasteiger charge is -2.22. The zero-order valence-corrected chi connectivity index (χ0v) is 30.3. The molecule has 268 valence electrons. The fraction of sp³-hybridized carbons (Fsp3) is 0.395. The van der Waals surface area contributed by atoms with E-state index in [1.165, 1.54) is 0 Å². The molecule has 2 atom stereocenters. The van der Waals surface area contributed by atoms with Crippen molar-refractivity contribution in [2.45, 2.75) is 51.8 Å². The van der Waals surface area contributed by atoms with Crippen LogP contribution in [0.5, 0.6) is 11.5 Å². The average molecular weight is 737 g/mol. The van der Waals surface area contributed by atoms with E-state index in [9.17, 15) is 14.7 Å². The van der Waals surface area contributed by atoms with E-state index < -0.39 is 23.8 Å². The predicted octanol–water partition coefficient (Wildman–Crippen LogP) is 7.14. The van der Waals surface area contributed by atoms with E-state index in [2.05, 4.69) is 15.2 Å². The van der Waals surface area contributed by atoms with E-state index in [1.54, 1.807) is 12.1 Å². The summed E-state index contributed by atoms with van der Waals surface area (Å²) in [6, 6.07) is 13.1. The number of carbonyl (C=O) groups excluding carboxylic acids is 1. The molecule has 1 amide bonds. The number of imidazole rings is 1. The quantitative estimate of drug-likeness (QED) is 0.177. The minimum atomic E-state index is -0.849. The molecule has 0 spiro atoms. The van der Waals surface area contributed by atoms with Gasteiger partial charge in [0.1, 0.15) is 22.6 Å². The van der Waals surface area contributed by atoms with Gasteiger partial charge in [-0.25, -0.2) is 9.37 Å². The number of aromatic nitrogens is 2. The van der Waals surface area contributed by atoms with Crippen LogP contribution in [0.1, 0.15) is 64.6 Å². The number of carbonyl (C=O) groups is 2. The van der Waals surface area contributed by atoms with Gasteiger partial charge in [-0.3, -0.25) is 14.5 Å². The van der Waals surface area contributed by atoms with Crippen LogP contribution in [0.2, 0.25) is 10.0 Å². The molecular formula is C38H40Cl2FN5O5. The highest BCUT2D eigenvalue weighted by atomic mass is 35.5. The summed E-state index contributed by atoms with van der Waals surface area (Å²) in [5.74, 6) is -1.44. The van der Waals surface area contributed by atoms with Gasteiger partial charge in [-0.15, -0.1) is 0 Å². The number of fused-ring (bicyclic) bond motifs is 2. The van der Waals surface area contributed by atoms with Crippen LogP contribution in [0.4, 0.5) is 10.1 Å². The van der Waals surface area contributed by atoms with Crippen molar-refractivity contribution in [2.75, 3.05) is 38.6 Å². The maximum absolute atomic E-state index is 15.9. The smallest absolute Gasteiger partial charge is 0.307 e. The molecule has 2 unspecified atom stereocenters. The van der Waals surface area contributed by atoms with Crippen molar-refractivity contribution in [2.24, 2.45) is 13.0 Å². The fourth-order valence-electron chi connectivity index (χ4n) is 7.56. The molecule has 2 N–H and O–H groups in total. The Morgan fingerprint density at radius 2 is 1.82 bits per heavy atom. The van der Waals surface area contributed by atoms with Gasteiger partial charge in [-0.2, -0.15) is 0 Å². The van der Waals surface area contributed by atoms with Crippen molar-refractivity contribution in [3.63, 3.8) is 0 Å². The molecule has 0 saturated carbocycles. The van der Waals surface area contributed by atoms with Crippen molar-refractivity contribution >= 4 is 40.8 Å². The summed E-state index contributed by atoms with van der Waals surface area (Å²) in [6.07, 6.45) is 2.26. The number of anilines is 1. The van der Waals surface area contributed by atoms with Crippen molar-refractivity contribution in [1.82, 2.24) is 19.4 Å². The van der Waals surface area contributed by atoms with E-state index >= 15 is 4.39 Å². The summed E-state index contributed by atoms with van der Waals surface area (Å²) in [5.41, 5.74) is 6.44. The molecule has 13 heteroatoms. The molecule has 3 aromatic carbocycles. The Bertz CT molecular complexity index is 2020. The van der Waals surface area contributed by atoms with Crippen LogP contribution in [0.3, 0.4) is 0 Å². The molecule has 1 aliphatic carbocycles. The summed E-state index contributed by atoms with van der Waals surface area (Å²) in [5, 5.41) is 12.7. The topological polar surface area (TPSA) is 109 Å². The molecule has 2 aliphatic heterocycles. The van der Waals surface area contributed by atoms with Crippen LogP contribution >= 0.6 is 23.2 Å². The van der Waals surface area contributed by atoms with Crippen LogP contribution in [0.15, 0.2) is 42.5 Å². The second-order valence-corrected chi connectivity index (χ2v) is 14.2. The molecule has 51 heavy (non-hydrogen) atoms. The molecule has 0 radical (unpaired) electrons. The first kappa shape index (κ1) is 35.3. The van der Waals surface area contributed by atoms with Gasteiger partial charge in [0.25, 0.3) is 5.91 Å². The third kappa shape index (κ3) is 6.80. The maximum atomic E-state index is 15.9. The zero-order valence-electron chi connectivity index (χ0n) is 28.8. The molecule has 1 aromatic heterocycles. The Hall–Kier alpha value is -4.16. The number of nitrogens with zero attached hydrogens (tertiary/aromatic N) is 4. The average Bonchev–Trinajstić information content (AvgIpc) is 3.84. The van der Waals surface area contributed by atoms with E-state index in [0.29, 0.717) is 67.8 Å². The zero-order chi connectivity index (χ0) is 36.0. The Morgan fingerprint density at radius 3 is 2.59 bits per heavy atom. The molecule has 3 heterocycles. The van der Waals surface area contributed by atoms with Crippen LogP contribution < -0.4 is 14.8 Å². The lowest BCUT2D eigenvalue weighted by atomic mass is 9.96. The van der Waals surface area contributed by atoms with Crippen molar-refractivity contribution in [1.29, 1.82) is 0 Å². The number of hydrogen-bond acceptors (Lipinski definition) is 7. The van der Waals surface area contributed by atoms with Gasteiger partial charge in [0.15, 0.2) is 11.6 Å². The van der Waals surface area contributed by atoms with E-state index in [1.807, 2.05) is 60.8 Å². The Balaban J connectivity index is 1.12. The van der Waals surface area contributed by atoms with Gasteiger partial charge in [-0.1, -0.05) is 53.5 Å². The van der Waals surface area contributed by atoms with Crippen LogP contribution in [0.25, 0.3) is 11.1 Å². The van der Waals surface area contributed by atoms with Crippen LogP contribution in [-0.2, 0) is 37.8 Å². The molecule has 4 aromatic rings. The van der Waals surface area contributed by atoms with E-state index in [0.717, 1.165) is 46.6 Å². The maximum Gasteiger partial charge on any atom is 0.307 e. The van der Waals surface area contributed by atoms with Gasteiger partial charge in [-0.05, 0) is 62.5 Å². The number of benzene rings is 3. The minimum Gasteiger partial charge on any atom is -0.493 e. The van der Waals surface area contributed by atoms with Gasteiger partial charge in [0.2, 0.25) is 0 Å². The summed E-state index contributed by atoms with van der Waals surface area (Å²) >= 11 is 13.6. The third-order valence-electron chi connectivity index (χ3n) is 10.2. The number of hydrogen-bond donors (Lipinski definition) is 2. The summed E-state index contributed by atoms with van der Waals surface area (Å²) in [4.78, 5) is 33.6.